The molecule has 2 heterocycles. The highest BCUT2D eigenvalue weighted by Gasteiger charge is 2.26. The molecule has 0 spiro atoms. The lowest BCUT2D eigenvalue weighted by molar-refractivity contribution is 1.08. The van der Waals surface area contributed by atoms with Gasteiger partial charge in [0.15, 0.2) is 5.82 Å². The lowest BCUT2D eigenvalue weighted by atomic mass is 9.95. The number of rotatable bonds is 2. The summed E-state index contributed by atoms with van der Waals surface area (Å²) in [7, 11) is 0. The predicted molar refractivity (Wildman–Crippen MR) is 175 cm³/mol. The van der Waals surface area contributed by atoms with Crippen molar-refractivity contribution < 1.29 is 0 Å². The van der Waals surface area contributed by atoms with E-state index in [0.717, 1.165) is 40.0 Å². The molecule has 9 aromatic rings. The fraction of sp³-hybridized carbons (Fsp3) is 0.0256. The van der Waals surface area contributed by atoms with E-state index >= 15 is 0 Å². The van der Waals surface area contributed by atoms with E-state index in [0.29, 0.717) is 0 Å². The monoisotopic (exact) mass is 533 g/mol. The van der Waals surface area contributed by atoms with Gasteiger partial charge in [-0.2, -0.15) is 0 Å². The average Bonchev–Trinajstić information content (AvgIpc) is 3.59. The summed E-state index contributed by atoms with van der Waals surface area (Å²) in [6, 6.07) is 45.7. The van der Waals surface area contributed by atoms with Crippen molar-refractivity contribution in [2.45, 2.75) is 6.42 Å². The van der Waals surface area contributed by atoms with Crippen LogP contribution in [0, 0.1) is 0 Å². The molecule has 0 saturated heterocycles. The third kappa shape index (κ3) is 2.80. The zero-order valence-corrected chi connectivity index (χ0v) is 22.7. The van der Waals surface area contributed by atoms with Gasteiger partial charge in [-0.25, -0.2) is 9.97 Å². The maximum atomic E-state index is 5.35. The van der Waals surface area contributed by atoms with Gasteiger partial charge in [0.05, 0.1) is 22.1 Å². The third-order valence-electron chi connectivity index (χ3n) is 9.14. The highest BCUT2D eigenvalue weighted by molar-refractivity contribution is 6.35. The van der Waals surface area contributed by atoms with E-state index in [2.05, 4.69) is 114 Å². The third-order valence-corrected chi connectivity index (χ3v) is 9.14. The minimum Gasteiger partial charge on any atom is -0.292 e. The van der Waals surface area contributed by atoms with E-state index in [9.17, 15) is 0 Å². The minimum atomic E-state index is 0.857. The van der Waals surface area contributed by atoms with Crippen molar-refractivity contribution >= 4 is 65.2 Å². The first kappa shape index (κ1) is 22.2. The van der Waals surface area contributed by atoms with Crippen molar-refractivity contribution in [3.05, 3.63) is 139 Å². The van der Waals surface area contributed by atoms with Gasteiger partial charge < -0.3 is 0 Å². The molecule has 194 valence electrons. The second-order valence-electron chi connectivity index (χ2n) is 11.3. The fourth-order valence-corrected chi connectivity index (χ4v) is 7.44. The van der Waals surface area contributed by atoms with Gasteiger partial charge in [0, 0.05) is 16.3 Å². The molecular weight excluding hydrogens is 510 g/mol. The smallest absolute Gasteiger partial charge is 0.165 e. The molecule has 7 aromatic carbocycles. The molecule has 10 rings (SSSR count). The van der Waals surface area contributed by atoms with Crippen molar-refractivity contribution in [3.63, 3.8) is 0 Å². The first-order chi connectivity index (χ1) is 20.8. The molecule has 1 aliphatic carbocycles. The molecule has 0 aliphatic heterocycles. The predicted octanol–water partition coefficient (Wildman–Crippen LogP) is 9.76. The van der Waals surface area contributed by atoms with Crippen molar-refractivity contribution in [1.82, 2.24) is 14.5 Å². The molecule has 3 heteroatoms. The molecule has 3 nitrogen and oxygen atoms in total. The lowest BCUT2D eigenvalue weighted by Crippen LogP contribution is -2.03. The summed E-state index contributed by atoms with van der Waals surface area (Å²) in [6.07, 6.45) is 0.955. The summed E-state index contributed by atoms with van der Waals surface area (Å²) in [6.45, 7) is 0. The van der Waals surface area contributed by atoms with Crippen LogP contribution in [0.15, 0.2) is 127 Å². The maximum Gasteiger partial charge on any atom is 0.165 e. The quantitative estimate of drug-likeness (QED) is 0.221. The highest BCUT2D eigenvalue weighted by atomic mass is 15.1. The fourth-order valence-electron chi connectivity index (χ4n) is 7.44. The van der Waals surface area contributed by atoms with Crippen LogP contribution in [0.25, 0.3) is 82.2 Å². The Balaban J connectivity index is 1.50. The Morgan fingerprint density at radius 1 is 0.429 bits per heavy atom. The van der Waals surface area contributed by atoms with Gasteiger partial charge in [-0.05, 0) is 74.1 Å². The number of aromatic nitrogens is 3. The van der Waals surface area contributed by atoms with E-state index in [-0.39, 0.29) is 0 Å². The Morgan fingerprint density at radius 3 is 1.86 bits per heavy atom. The summed E-state index contributed by atoms with van der Waals surface area (Å²) in [4.78, 5) is 10.6. The van der Waals surface area contributed by atoms with Gasteiger partial charge in [-0.1, -0.05) is 103 Å². The van der Waals surface area contributed by atoms with E-state index in [4.69, 9.17) is 9.97 Å². The minimum absolute atomic E-state index is 0.857. The number of benzene rings is 6. The average molecular weight is 534 g/mol. The number of hydrogen-bond donors (Lipinski definition) is 0. The molecule has 0 bridgehead atoms. The Hall–Kier alpha value is -5.54. The maximum absolute atomic E-state index is 5.35. The van der Waals surface area contributed by atoms with Crippen LogP contribution in [-0.2, 0) is 6.42 Å². The van der Waals surface area contributed by atoms with Gasteiger partial charge in [-0.3, -0.25) is 4.57 Å². The topological polar surface area (TPSA) is 30.7 Å². The van der Waals surface area contributed by atoms with Gasteiger partial charge in [0.25, 0.3) is 0 Å². The van der Waals surface area contributed by atoms with E-state index < -0.39 is 0 Å². The summed E-state index contributed by atoms with van der Waals surface area (Å²) in [5, 5.41) is 10.5. The van der Waals surface area contributed by atoms with Crippen LogP contribution < -0.4 is 0 Å². The van der Waals surface area contributed by atoms with Crippen LogP contribution in [0.5, 0.6) is 0 Å². The van der Waals surface area contributed by atoms with Crippen LogP contribution >= 0.6 is 0 Å². The Labute approximate surface area is 241 Å². The summed E-state index contributed by atoms with van der Waals surface area (Å²) >= 11 is 0. The second-order valence-corrected chi connectivity index (χ2v) is 11.3. The van der Waals surface area contributed by atoms with Crippen LogP contribution in [0.3, 0.4) is 0 Å². The number of hydrogen-bond acceptors (Lipinski definition) is 2. The lowest BCUT2D eigenvalue weighted by Gasteiger charge is -2.14. The molecule has 42 heavy (non-hydrogen) atoms. The molecule has 2 aromatic heterocycles. The van der Waals surface area contributed by atoms with Gasteiger partial charge in [0.1, 0.15) is 5.69 Å². The first-order valence-electron chi connectivity index (χ1n) is 14.5. The van der Waals surface area contributed by atoms with Crippen LogP contribution in [0.1, 0.15) is 11.1 Å². The number of para-hydroxylation sites is 2. The Morgan fingerprint density at radius 2 is 1.05 bits per heavy atom. The molecule has 0 fully saturated rings. The number of fused-ring (bicyclic) bond motifs is 4. The first-order valence-corrected chi connectivity index (χ1v) is 14.5. The molecule has 0 N–H and O–H groups in total. The Kier molecular flexibility index (Phi) is 4.24. The highest BCUT2D eigenvalue weighted by Crippen LogP contribution is 2.47. The normalized spacial score (nSPS) is 12.7. The van der Waals surface area contributed by atoms with Gasteiger partial charge in [0.2, 0.25) is 0 Å². The van der Waals surface area contributed by atoms with Gasteiger partial charge in [-0.15, -0.1) is 0 Å². The molecule has 0 unspecified atom stereocenters. The zero-order chi connectivity index (χ0) is 27.4. The largest absolute Gasteiger partial charge is 0.292 e. The van der Waals surface area contributed by atoms with Crippen LogP contribution in [-0.4, -0.2) is 14.5 Å². The summed E-state index contributed by atoms with van der Waals surface area (Å²) in [5.74, 6) is 0.857. The standard InChI is InChI=1S/C39H23N3/c1-2-10-23(11-3-1)38-39(41-31-18-7-6-17-30(31)40-38)42-32-19-9-16-29-27-14-5-4-13-26(27)28-15-8-12-24-22-25-20-21-33(42)37(36(29)32)35(25)34(24)28/h1-21H,22H2. The van der Waals surface area contributed by atoms with Crippen molar-refractivity contribution in [2.24, 2.45) is 0 Å². The van der Waals surface area contributed by atoms with E-state index in [1.165, 1.54) is 59.7 Å². The van der Waals surface area contributed by atoms with Crippen molar-refractivity contribution in [1.29, 1.82) is 0 Å². The second kappa shape index (κ2) is 8.02. The zero-order valence-electron chi connectivity index (χ0n) is 22.7. The molecule has 1 aliphatic rings. The molecule has 0 radical (unpaired) electrons. The molecule has 0 saturated carbocycles. The molecular formula is C39H23N3. The summed E-state index contributed by atoms with van der Waals surface area (Å²) in [5.41, 5.74) is 8.84. The molecule has 0 atom stereocenters. The van der Waals surface area contributed by atoms with Crippen molar-refractivity contribution in [3.8, 4) is 17.1 Å². The Bertz CT molecular complexity index is 2590. The molecule has 0 amide bonds. The summed E-state index contributed by atoms with van der Waals surface area (Å²) < 4.78 is 2.37. The van der Waals surface area contributed by atoms with Crippen LogP contribution in [0.4, 0.5) is 0 Å². The number of nitrogens with zero attached hydrogens (tertiary/aromatic N) is 3. The van der Waals surface area contributed by atoms with E-state index in [1.807, 2.05) is 18.2 Å². The van der Waals surface area contributed by atoms with Crippen LogP contribution in [0.2, 0.25) is 0 Å². The van der Waals surface area contributed by atoms with Crippen molar-refractivity contribution in [2.75, 3.05) is 0 Å². The van der Waals surface area contributed by atoms with Gasteiger partial charge >= 0.3 is 0 Å². The SMILES string of the molecule is c1ccc(-c2nc3ccccc3nc2-n2c3cccc4c5ccccc5c5cccc6c5c5c(ccc2c5c43)C6)cc1. The van der Waals surface area contributed by atoms with E-state index in [1.54, 1.807) is 0 Å².